The number of carbonyl (C=O) groups excluding carboxylic acids is 2. The van der Waals surface area contributed by atoms with Crippen molar-refractivity contribution in [3.8, 4) is 0 Å². The Hall–Kier alpha value is -1.30. The first kappa shape index (κ1) is 17.1. The molecule has 0 aliphatic carbocycles. The first-order valence-electron chi connectivity index (χ1n) is 8.03. The predicted octanol–water partition coefficient (Wildman–Crippen LogP) is 1.93. The molecule has 2 amide bonds. The summed E-state index contributed by atoms with van der Waals surface area (Å²) in [5.74, 6) is 0.150. The number of amides is 2. The van der Waals surface area contributed by atoms with Crippen molar-refractivity contribution in [1.82, 2.24) is 10.2 Å². The van der Waals surface area contributed by atoms with Crippen LogP contribution in [0.2, 0.25) is 0 Å². The summed E-state index contributed by atoms with van der Waals surface area (Å²) < 4.78 is 11.1. The lowest BCUT2D eigenvalue weighted by molar-refractivity contribution is -0.131. The van der Waals surface area contributed by atoms with Crippen LogP contribution in [0.1, 0.15) is 47.0 Å². The maximum absolute atomic E-state index is 11.7. The third kappa shape index (κ3) is 4.60. The van der Waals surface area contributed by atoms with Crippen LogP contribution in [0.3, 0.4) is 0 Å². The molecule has 1 spiro atoms. The van der Waals surface area contributed by atoms with Gasteiger partial charge in [-0.05, 0) is 45.4 Å². The fourth-order valence-corrected chi connectivity index (χ4v) is 3.18. The molecular weight excluding hydrogens is 284 g/mol. The number of nitrogens with one attached hydrogen (secondary N) is 1. The molecular formula is C16H28N2O4. The van der Waals surface area contributed by atoms with E-state index in [0.717, 1.165) is 39.0 Å². The minimum Gasteiger partial charge on any atom is -0.444 e. The maximum atomic E-state index is 11.7. The monoisotopic (exact) mass is 312 g/mol. The van der Waals surface area contributed by atoms with Gasteiger partial charge < -0.3 is 19.7 Å². The third-order valence-electron chi connectivity index (χ3n) is 4.43. The Labute approximate surface area is 132 Å². The lowest BCUT2D eigenvalue weighted by Gasteiger charge is -2.38. The summed E-state index contributed by atoms with van der Waals surface area (Å²) in [6.07, 6.45) is 2.54. The van der Waals surface area contributed by atoms with Gasteiger partial charge in [0.25, 0.3) is 0 Å². The largest absolute Gasteiger partial charge is 0.444 e. The quantitative estimate of drug-likeness (QED) is 0.846. The van der Waals surface area contributed by atoms with Crippen LogP contribution in [0.15, 0.2) is 0 Å². The average Bonchev–Trinajstić information content (AvgIpc) is 2.78. The number of likely N-dealkylation sites (tertiary alicyclic amines) is 1. The summed E-state index contributed by atoms with van der Waals surface area (Å²) in [4.78, 5) is 25.0. The first-order chi connectivity index (χ1) is 10.2. The Morgan fingerprint density at radius 2 is 1.95 bits per heavy atom. The summed E-state index contributed by atoms with van der Waals surface area (Å²) in [5, 5.41) is 2.78. The Bertz CT molecular complexity index is 422. The molecule has 0 saturated carbocycles. The van der Waals surface area contributed by atoms with E-state index in [4.69, 9.17) is 9.47 Å². The molecule has 2 fully saturated rings. The van der Waals surface area contributed by atoms with Crippen LogP contribution in [0, 0.1) is 5.41 Å². The van der Waals surface area contributed by atoms with E-state index in [9.17, 15) is 9.59 Å². The molecule has 2 heterocycles. The molecule has 0 aromatic carbocycles. The highest BCUT2D eigenvalue weighted by Gasteiger charge is 2.42. The predicted molar refractivity (Wildman–Crippen MR) is 82.5 cm³/mol. The van der Waals surface area contributed by atoms with E-state index >= 15 is 0 Å². The molecule has 0 aromatic rings. The molecule has 6 nitrogen and oxygen atoms in total. The molecule has 1 N–H and O–H groups in total. The van der Waals surface area contributed by atoms with E-state index in [-0.39, 0.29) is 17.4 Å². The van der Waals surface area contributed by atoms with E-state index in [0.29, 0.717) is 6.54 Å². The summed E-state index contributed by atoms with van der Waals surface area (Å²) in [5.41, 5.74) is -0.312. The zero-order valence-corrected chi connectivity index (χ0v) is 14.1. The SMILES string of the molecule is CC(=O)N1CCC2(CC1)COC(CNC(=O)OC(C)(C)C)C2. The minimum atomic E-state index is -0.485. The molecule has 6 heteroatoms. The molecule has 2 aliphatic heterocycles. The Balaban J connectivity index is 1.74. The van der Waals surface area contributed by atoms with Gasteiger partial charge in [0.1, 0.15) is 5.60 Å². The number of rotatable bonds is 2. The van der Waals surface area contributed by atoms with Gasteiger partial charge in [-0.3, -0.25) is 4.79 Å². The fourth-order valence-electron chi connectivity index (χ4n) is 3.18. The molecule has 2 aliphatic rings. The standard InChI is InChI=1S/C16H28N2O4/c1-12(19)18-7-5-16(6-8-18)9-13(21-11-16)10-17-14(20)22-15(2,3)4/h13H,5-11H2,1-4H3,(H,17,20). The topological polar surface area (TPSA) is 67.9 Å². The number of hydrogen-bond acceptors (Lipinski definition) is 4. The van der Waals surface area contributed by atoms with E-state index in [1.165, 1.54) is 0 Å². The van der Waals surface area contributed by atoms with Crippen molar-refractivity contribution < 1.29 is 19.1 Å². The number of nitrogens with zero attached hydrogens (tertiary/aromatic N) is 1. The lowest BCUT2D eigenvalue weighted by Crippen LogP contribution is -2.43. The third-order valence-corrected chi connectivity index (χ3v) is 4.43. The van der Waals surface area contributed by atoms with Crippen molar-refractivity contribution in [3.05, 3.63) is 0 Å². The molecule has 126 valence electrons. The van der Waals surface area contributed by atoms with Crippen molar-refractivity contribution in [3.63, 3.8) is 0 Å². The lowest BCUT2D eigenvalue weighted by atomic mass is 9.76. The van der Waals surface area contributed by atoms with E-state index in [1.54, 1.807) is 6.92 Å². The van der Waals surface area contributed by atoms with Gasteiger partial charge in [0.15, 0.2) is 0 Å². The minimum absolute atomic E-state index is 0.0383. The number of hydrogen-bond donors (Lipinski definition) is 1. The molecule has 0 bridgehead atoms. The van der Waals surface area contributed by atoms with Crippen molar-refractivity contribution in [1.29, 1.82) is 0 Å². The molecule has 0 radical (unpaired) electrons. The second kappa shape index (κ2) is 6.44. The van der Waals surface area contributed by atoms with Gasteiger partial charge in [-0.15, -0.1) is 0 Å². The van der Waals surface area contributed by atoms with Gasteiger partial charge in [0, 0.05) is 26.6 Å². The summed E-state index contributed by atoms with van der Waals surface area (Å²) in [6.45, 7) is 9.97. The fraction of sp³-hybridized carbons (Fsp3) is 0.875. The van der Waals surface area contributed by atoms with E-state index < -0.39 is 11.7 Å². The molecule has 1 atom stereocenters. The number of piperidine rings is 1. The highest BCUT2D eigenvalue weighted by atomic mass is 16.6. The van der Waals surface area contributed by atoms with Crippen molar-refractivity contribution in [2.75, 3.05) is 26.2 Å². The van der Waals surface area contributed by atoms with Crippen LogP contribution in [-0.4, -0.2) is 54.8 Å². The summed E-state index contributed by atoms with van der Waals surface area (Å²) in [6, 6.07) is 0. The van der Waals surface area contributed by atoms with Crippen LogP contribution >= 0.6 is 0 Å². The summed E-state index contributed by atoms with van der Waals surface area (Å²) in [7, 11) is 0. The smallest absolute Gasteiger partial charge is 0.407 e. The van der Waals surface area contributed by atoms with Gasteiger partial charge in [-0.2, -0.15) is 0 Å². The van der Waals surface area contributed by atoms with Crippen LogP contribution < -0.4 is 5.32 Å². The van der Waals surface area contributed by atoms with Gasteiger partial charge in [-0.1, -0.05) is 0 Å². The molecule has 2 rings (SSSR count). The van der Waals surface area contributed by atoms with E-state index in [2.05, 4.69) is 5.32 Å². The van der Waals surface area contributed by atoms with Gasteiger partial charge >= 0.3 is 6.09 Å². The number of carbonyl (C=O) groups is 2. The van der Waals surface area contributed by atoms with Gasteiger partial charge in [-0.25, -0.2) is 4.79 Å². The Kier molecular flexibility index (Phi) is 5.00. The van der Waals surface area contributed by atoms with Crippen molar-refractivity contribution in [2.24, 2.45) is 5.41 Å². The van der Waals surface area contributed by atoms with Crippen molar-refractivity contribution in [2.45, 2.75) is 58.7 Å². The molecule has 2 saturated heterocycles. The van der Waals surface area contributed by atoms with Gasteiger partial charge in [0.05, 0.1) is 12.7 Å². The molecule has 22 heavy (non-hydrogen) atoms. The average molecular weight is 312 g/mol. The van der Waals surface area contributed by atoms with Crippen molar-refractivity contribution >= 4 is 12.0 Å². The maximum Gasteiger partial charge on any atom is 0.407 e. The zero-order chi connectivity index (χ0) is 16.4. The summed E-state index contributed by atoms with van der Waals surface area (Å²) >= 11 is 0. The second-order valence-electron chi connectivity index (χ2n) is 7.53. The molecule has 0 aromatic heterocycles. The Morgan fingerprint density at radius 3 is 2.50 bits per heavy atom. The van der Waals surface area contributed by atoms with Crippen LogP contribution in [0.25, 0.3) is 0 Å². The van der Waals surface area contributed by atoms with Crippen LogP contribution in [0.5, 0.6) is 0 Å². The van der Waals surface area contributed by atoms with E-state index in [1.807, 2.05) is 25.7 Å². The highest BCUT2D eigenvalue weighted by Crippen LogP contribution is 2.41. The second-order valence-corrected chi connectivity index (χ2v) is 7.53. The highest BCUT2D eigenvalue weighted by molar-refractivity contribution is 5.73. The molecule has 1 unspecified atom stereocenters. The first-order valence-corrected chi connectivity index (χ1v) is 8.03. The Morgan fingerprint density at radius 1 is 1.32 bits per heavy atom. The zero-order valence-electron chi connectivity index (χ0n) is 14.1. The van der Waals surface area contributed by atoms with Crippen LogP contribution in [0.4, 0.5) is 4.79 Å². The number of ether oxygens (including phenoxy) is 2. The number of alkyl carbamates (subject to hydrolysis) is 1. The van der Waals surface area contributed by atoms with Gasteiger partial charge in [0.2, 0.25) is 5.91 Å². The van der Waals surface area contributed by atoms with Crippen LogP contribution in [-0.2, 0) is 14.3 Å². The normalized spacial score (nSPS) is 24.4.